The fourth-order valence-corrected chi connectivity index (χ4v) is 3.93. The molecule has 1 heterocycles. The maximum absolute atomic E-state index is 13.1. The number of nitrogens with zero attached hydrogens (tertiary/aromatic N) is 1. The highest BCUT2D eigenvalue weighted by atomic mass is 19.4. The van der Waals surface area contributed by atoms with Crippen LogP contribution in [-0.2, 0) is 19.3 Å². The summed E-state index contributed by atoms with van der Waals surface area (Å²) in [5.41, 5.74) is 0.686. The minimum Gasteiger partial charge on any atom is -0.465 e. The van der Waals surface area contributed by atoms with Crippen LogP contribution < -0.4 is 5.32 Å². The Morgan fingerprint density at radius 1 is 1.13 bits per heavy atom. The van der Waals surface area contributed by atoms with Gasteiger partial charge in [0.1, 0.15) is 0 Å². The smallest absolute Gasteiger partial charge is 0.416 e. The van der Waals surface area contributed by atoms with E-state index >= 15 is 0 Å². The van der Waals surface area contributed by atoms with E-state index in [1.54, 1.807) is 18.2 Å². The normalized spacial score (nSPS) is 16.3. The van der Waals surface area contributed by atoms with Gasteiger partial charge in [0.05, 0.1) is 18.2 Å². The van der Waals surface area contributed by atoms with Crippen molar-refractivity contribution in [2.75, 3.05) is 0 Å². The number of hydrogen-bond acceptors (Lipinski definition) is 2. The Morgan fingerprint density at radius 3 is 2.40 bits per heavy atom. The van der Waals surface area contributed by atoms with Crippen molar-refractivity contribution < 1.29 is 27.9 Å². The zero-order chi connectivity index (χ0) is 22.3. The van der Waals surface area contributed by atoms with E-state index < -0.39 is 23.7 Å². The van der Waals surface area contributed by atoms with Crippen LogP contribution in [0, 0.1) is 5.41 Å². The Labute approximate surface area is 172 Å². The molecule has 0 radical (unpaired) electrons. The van der Waals surface area contributed by atoms with Crippen LogP contribution in [0.5, 0.6) is 0 Å². The average molecular weight is 420 g/mol. The number of carbonyl (C=O) groups is 2. The quantitative estimate of drug-likeness (QED) is 0.716. The van der Waals surface area contributed by atoms with E-state index in [-0.39, 0.29) is 35.7 Å². The van der Waals surface area contributed by atoms with Crippen LogP contribution in [0.4, 0.5) is 18.0 Å². The molecule has 1 atom stereocenters. The maximum atomic E-state index is 13.1. The molecule has 3 rings (SSSR count). The zero-order valence-electron chi connectivity index (χ0n) is 16.9. The lowest BCUT2D eigenvalue weighted by atomic mass is 9.82. The second kappa shape index (κ2) is 7.66. The minimum atomic E-state index is -4.50. The minimum absolute atomic E-state index is 0.0237. The van der Waals surface area contributed by atoms with E-state index in [1.807, 2.05) is 20.8 Å². The molecule has 0 spiro atoms. The van der Waals surface area contributed by atoms with Gasteiger partial charge < -0.3 is 10.4 Å². The highest BCUT2D eigenvalue weighted by Crippen LogP contribution is 2.45. The molecule has 0 saturated heterocycles. The second-order valence-corrected chi connectivity index (χ2v) is 8.43. The van der Waals surface area contributed by atoms with Crippen molar-refractivity contribution in [3.8, 4) is 0 Å². The van der Waals surface area contributed by atoms with Crippen LogP contribution in [0.25, 0.3) is 0 Å². The molecule has 2 amide bonds. The number of amides is 2. The van der Waals surface area contributed by atoms with Gasteiger partial charge in [-0.05, 0) is 40.3 Å². The van der Waals surface area contributed by atoms with Gasteiger partial charge in [-0.2, -0.15) is 13.2 Å². The van der Waals surface area contributed by atoms with Gasteiger partial charge in [-0.15, -0.1) is 0 Å². The topological polar surface area (TPSA) is 69.6 Å². The molecule has 1 aliphatic heterocycles. The fraction of sp³-hybridized carbons (Fsp3) is 0.364. The number of halogens is 3. The number of hydrogen-bond donors (Lipinski definition) is 2. The van der Waals surface area contributed by atoms with Crippen LogP contribution >= 0.6 is 0 Å². The molecule has 30 heavy (non-hydrogen) atoms. The number of fused-ring (bicyclic) bond motifs is 1. The molecule has 1 unspecified atom stereocenters. The average Bonchev–Trinajstić information content (AvgIpc) is 3.05. The first kappa shape index (κ1) is 21.7. The van der Waals surface area contributed by atoms with Crippen molar-refractivity contribution >= 4 is 12.0 Å². The molecule has 1 aliphatic rings. The van der Waals surface area contributed by atoms with E-state index in [2.05, 4.69) is 5.32 Å². The number of alkyl halides is 3. The third-order valence-electron chi connectivity index (χ3n) is 5.18. The second-order valence-electron chi connectivity index (χ2n) is 8.43. The third kappa shape index (κ3) is 4.27. The monoisotopic (exact) mass is 420 g/mol. The standard InChI is InChI=1S/C22H23F3N2O3/c1-21(2,3)18-16-9-8-13(10-15(16)12-27(18)20(29)30)19(28)26-11-14-6-4-5-7-17(14)22(23,24)25/h4-10,18H,11-12H2,1-3H3,(H,26,28)(H,29,30). The van der Waals surface area contributed by atoms with Gasteiger partial charge in [0.25, 0.3) is 5.91 Å². The summed E-state index contributed by atoms with van der Waals surface area (Å²) in [4.78, 5) is 25.6. The number of carboxylic acid groups (broad SMARTS) is 1. The Bertz CT molecular complexity index is 980. The van der Waals surface area contributed by atoms with Crippen molar-refractivity contribution in [1.29, 1.82) is 0 Å². The van der Waals surface area contributed by atoms with Crippen LogP contribution in [0.3, 0.4) is 0 Å². The number of benzene rings is 2. The lowest BCUT2D eigenvalue weighted by Crippen LogP contribution is -2.35. The molecule has 0 fully saturated rings. The van der Waals surface area contributed by atoms with E-state index in [1.165, 1.54) is 23.1 Å². The van der Waals surface area contributed by atoms with E-state index in [9.17, 15) is 27.9 Å². The summed E-state index contributed by atoms with van der Waals surface area (Å²) in [6.45, 7) is 5.73. The predicted molar refractivity (Wildman–Crippen MR) is 105 cm³/mol. The summed E-state index contributed by atoms with van der Waals surface area (Å²) in [6.07, 6.45) is -5.54. The van der Waals surface area contributed by atoms with Crippen molar-refractivity contribution in [1.82, 2.24) is 10.2 Å². The van der Waals surface area contributed by atoms with Crippen LogP contribution in [-0.4, -0.2) is 22.0 Å². The first-order valence-electron chi connectivity index (χ1n) is 9.45. The summed E-state index contributed by atoms with van der Waals surface area (Å²) >= 11 is 0. The fourth-order valence-electron chi connectivity index (χ4n) is 3.93. The molecule has 0 saturated carbocycles. The van der Waals surface area contributed by atoms with Gasteiger partial charge in [-0.25, -0.2) is 4.79 Å². The molecular formula is C22H23F3N2O3. The molecular weight excluding hydrogens is 397 g/mol. The Hall–Kier alpha value is -3.03. The van der Waals surface area contributed by atoms with Crippen molar-refractivity contribution in [2.45, 2.75) is 46.1 Å². The number of rotatable bonds is 3. The zero-order valence-corrected chi connectivity index (χ0v) is 16.9. The lowest BCUT2D eigenvalue weighted by molar-refractivity contribution is -0.138. The Kier molecular flexibility index (Phi) is 5.54. The van der Waals surface area contributed by atoms with Crippen molar-refractivity contribution in [2.24, 2.45) is 5.41 Å². The summed E-state index contributed by atoms with van der Waals surface area (Å²) in [5, 5.41) is 12.1. The van der Waals surface area contributed by atoms with Gasteiger partial charge in [-0.3, -0.25) is 9.69 Å². The summed E-state index contributed by atoms with van der Waals surface area (Å²) in [7, 11) is 0. The van der Waals surface area contributed by atoms with Crippen LogP contribution in [0.2, 0.25) is 0 Å². The first-order valence-corrected chi connectivity index (χ1v) is 9.45. The molecule has 2 aromatic rings. The van der Waals surface area contributed by atoms with Crippen LogP contribution in [0.15, 0.2) is 42.5 Å². The molecule has 2 N–H and O–H groups in total. The van der Waals surface area contributed by atoms with E-state index in [0.717, 1.165) is 17.2 Å². The van der Waals surface area contributed by atoms with Gasteiger partial charge in [0.15, 0.2) is 0 Å². The lowest BCUT2D eigenvalue weighted by Gasteiger charge is -2.33. The molecule has 2 aromatic carbocycles. The maximum Gasteiger partial charge on any atom is 0.416 e. The Balaban J connectivity index is 1.81. The number of nitrogens with one attached hydrogen (secondary N) is 1. The van der Waals surface area contributed by atoms with Gasteiger partial charge in [-0.1, -0.05) is 45.0 Å². The van der Waals surface area contributed by atoms with Gasteiger partial charge in [0.2, 0.25) is 0 Å². The highest BCUT2D eigenvalue weighted by molar-refractivity contribution is 5.94. The molecule has 160 valence electrons. The predicted octanol–water partition coefficient (Wildman–Crippen LogP) is 5.22. The highest BCUT2D eigenvalue weighted by Gasteiger charge is 2.41. The molecule has 8 heteroatoms. The third-order valence-corrected chi connectivity index (χ3v) is 5.18. The summed E-state index contributed by atoms with van der Waals surface area (Å²) < 4.78 is 39.3. The van der Waals surface area contributed by atoms with Crippen molar-refractivity contribution in [3.05, 3.63) is 70.3 Å². The first-order chi connectivity index (χ1) is 13.9. The van der Waals surface area contributed by atoms with Crippen molar-refractivity contribution in [3.63, 3.8) is 0 Å². The van der Waals surface area contributed by atoms with E-state index in [0.29, 0.717) is 0 Å². The summed E-state index contributed by atoms with van der Waals surface area (Å²) in [5.74, 6) is -0.518. The largest absolute Gasteiger partial charge is 0.465 e. The van der Waals surface area contributed by atoms with Gasteiger partial charge in [0, 0.05) is 12.1 Å². The molecule has 0 aliphatic carbocycles. The molecule has 0 bridgehead atoms. The van der Waals surface area contributed by atoms with Gasteiger partial charge >= 0.3 is 12.3 Å². The summed E-state index contributed by atoms with van der Waals surface area (Å²) in [6, 6.07) is 9.66. The number of carbonyl (C=O) groups excluding carboxylic acids is 1. The van der Waals surface area contributed by atoms with E-state index in [4.69, 9.17) is 0 Å². The van der Waals surface area contributed by atoms with Crippen LogP contribution in [0.1, 0.15) is 59.4 Å². The molecule has 5 nitrogen and oxygen atoms in total. The molecule has 0 aromatic heterocycles. The SMILES string of the molecule is CC(C)(C)C1c2ccc(C(=O)NCc3ccccc3C(F)(F)F)cc2CN1C(=O)O. The Morgan fingerprint density at radius 2 is 1.80 bits per heavy atom.